The van der Waals surface area contributed by atoms with E-state index in [4.69, 9.17) is 4.74 Å². The van der Waals surface area contributed by atoms with Gasteiger partial charge in [0, 0.05) is 6.04 Å². The first kappa shape index (κ1) is 15.4. The van der Waals surface area contributed by atoms with Crippen LogP contribution in [-0.4, -0.2) is 19.7 Å². The molecule has 2 nitrogen and oxygen atoms in total. The molecule has 0 spiro atoms. The predicted molar refractivity (Wildman–Crippen MR) is 85.8 cm³/mol. The summed E-state index contributed by atoms with van der Waals surface area (Å²) in [7, 11) is 1.76. The van der Waals surface area contributed by atoms with Crippen molar-refractivity contribution in [3.63, 3.8) is 0 Å². The van der Waals surface area contributed by atoms with Crippen LogP contribution in [0.2, 0.25) is 0 Å². The van der Waals surface area contributed by atoms with Gasteiger partial charge in [-0.2, -0.15) is 0 Å². The molecular weight excluding hydrogens is 246 g/mol. The number of rotatable bonds is 4. The Morgan fingerprint density at radius 1 is 1.15 bits per heavy atom. The van der Waals surface area contributed by atoms with Crippen LogP contribution in [-0.2, 0) is 0 Å². The van der Waals surface area contributed by atoms with Gasteiger partial charge in [0.1, 0.15) is 5.75 Å². The highest BCUT2D eigenvalue weighted by Crippen LogP contribution is 2.36. The predicted octanol–water partition coefficient (Wildman–Crippen LogP) is 4.34. The van der Waals surface area contributed by atoms with Crippen LogP contribution in [0, 0.1) is 13.8 Å². The van der Waals surface area contributed by atoms with Crippen molar-refractivity contribution in [2.75, 3.05) is 13.7 Å². The fraction of sp³-hybridized carbons (Fsp3) is 0.667. The maximum Gasteiger partial charge on any atom is 0.122 e. The number of methoxy groups -OCH3 is 1. The van der Waals surface area contributed by atoms with Crippen molar-refractivity contribution < 1.29 is 4.74 Å². The number of ether oxygens (including phenoxy) is 1. The molecule has 2 rings (SSSR count). The van der Waals surface area contributed by atoms with E-state index in [9.17, 15) is 0 Å². The maximum absolute atomic E-state index is 5.44. The number of aryl methyl sites for hydroxylation is 2. The van der Waals surface area contributed by atoms with Gasteiger partial charge in [0.15, 0.2) is 0 Å². The first-order valence-electron chi connectivity index (χ1n) is 8.04. The molecule has 0 saturated heterocycles. The zero-order chi connectivity index (χ0) is 14.5. The summed E-state index contributed by atoms with van der Waals surface area (Å²) in [6, 6.07) is 5.25. The zero-order valence-corrected chi connectivity index (χ0v) is 13.5. The Labute approximate surface area is 123 Å². The van der Waals surface area contributed by atoms with E-state index in [1.165, 1.54) is 48.8 Å². The molecule has 2 unspecified atom stereocenters. The van der Waals surface area contributed by atoms with Gasteiger partial charge in [-0.05, 0) is 68.3 Å². The highest BCUT2D eigenvalue weighted by Gasteiger charge is 2.22. The number of benzene rings is 1. The van der Waals surface area contributed by atoms with E-state index in [0.717, 1.165) is 12.3 Å². The first-order valence-corrected chi connectivity index (χ1v) is 8.04. The SMILES string of the molecule is CCNC1CCCCC(c2cc(C)c(OC)cc2C)C1. The van der Waals surface area contributed by atoms with E-state index in [-0.39, 0.29) is 0 Å². The number of nitrogens with one attached hydrogen (secondary N) is 1. The van der Waals surface area contributed by atoms with Crippen molar-refractivity contribution in [2.45, 2.75) is 64.8 Å². The molecule has 0 bridgehead atoms. The monoisotopic (exact) mass is 275 g/mol. The number of hydrogen-bond acceptors (Lipinski definition) is 2. The van der Waals surface area contributed by atoms with Crippen molar-refractivity contribution >= 4 is 0 Å². The Bertz CT molecular complexity index is 441. The lowest BCUT2D eigenvalue weighted by Gasteiger charge is -2.23. The van der Waals surface area contributed by atoms with Gasteiger partial charge in [-0.3, -0.25) is 0 Å². The summed E-state index contributed by atoms with van der Waals surface area (Å²) in [6.07, 6.45) is 6.66. The third-order valence-corrected chi connectivity index (χ3v) is 4.64. The average Bonchev–Trinajstić information content (AvgIpc) is 2.67. The smallest absolute Gasteiger partial charge is 0.122 e. The summed E-state index contributed by atoms with van der Waals surface area (Å²) >= 11 is 0. The molecule has 1 N–H and O–H groups in total. The molecule has 0 heterocycles. The van der Waals surface area contributed by atoms with Crippen LogP contribution in [0.5, 0.6) is 5.75 Å². The van der Waals surface area contributed by atoms with Crippen LogP contribution in [0.3, 0.4) is 0 Å². The minimum absolute atomic E-state index is 0.689. The van der Waals surface area contributed by atoms with Crippen LogP contribution in [0.4, 0.5) is 0 Å². The fourth-order valence-electron chi connectivity index (χ4n) is 3.59. The van der Waals surface area contributed by atoms with Crippen LogP contribution >= 0.6 is 0 Å². The molecule has 112 valence electrons. The highest BCUT2D eigenvalue weighted by molar-refractivity contribution is 5.43. The summed E-state index contributed by atoms with van der Waals surface area (Å²) in [5, 5.41) is 3.66. The third kappa shape index (κ3) is 3.54. The van der Waals surface area contributed by atoms with Crippen LogP contribution in [0.15, 0.2) is 12.1 Å². The first-order chi connectivity index (χ1) is 9.65. The Morgan fingerprint density at radius 2 is 1.90 bits per heavy atom. The summed E-state index contributed by atoms with van der Waals surface area (Å²) in [6.45, 7) is 7.67. The fourth-order valence-corrected chi connectivity index (χ4v) is 3.59. The van der Waals surface area contributed by atoms with E-state index in [2.05, 4.69) is 38.2 Å². The molecular formula is C18H29NO. The second kappa shape index (κ2) is 7.12. The lowest BCUT2D eigenvalue weighted by atomic mass is 9.86. The van der Waals surface area contributed by atoms with Crippen LogP contribution < -0.4 is 10.1 Å². The van der Waals surface area contributed by atoms with E-state index < -0.39 is 0 Å². The second-order valence-electron chi connectivity index (χ2n) is 6.15. The van der Waals surface area contributed by atoms with Gasteiger partial charge in [-0.25, -0.2) is 0 Å². The van der Waals surface area contributed by atoms with E-state index in [1.54, 1.807) is 7.11 Å². The van der Waals surface area contributed by atoms with Gasteiger partial charge in [-0.1, -0.05) is 25.8 Å². The molecule has 1 aromatic carbocycles. The van der Waals surface area contributed by atoms with Crippen molar-refractivity contribution in [1.29, 1.82) is 0 Å². The molecule has 0 radical (unpaired) electrons. The highest BCUT2D eigenvalue weighted by atomic mass is 16.5. The summed E-state index contributed by atoms with van der Waals surface area (Å²) in [5.41, 5.74) is 4.18. The Kier molecular flexibility index (Phi) is 5.47. The summed E-state index contributed by atoms with van der Waals surface area (Å²) in [4.78, 5) is 0. The molecule has 0 amide bonds. The third-order valence-electron chi connectivity index (χ3n) is 4.64. The van der Waals surface area contributed by atoms with E-state index in [1.807, 2.05) is 0 Å². The standard InChI is InChI=1S/C18H29NO/c1-5-19-16-9-7-6-8-15(12-16)17-10-14(3)18(20-4)11-13(17)2/h10-11,15-16,19H,5-9,12H2,1-4H3. The van der Waals surface area contributed by atoms with Gasteiger partial charge in [0.25, 0.3) is 0 Å². The molecule has 1 fully saturated rings. The Hall–Kier alpha value is -1.02. The van der Waals surface area contributed by atoms with Crippen LogP contribution in [0.1, 0.15) is 61.6 Å². The van der Waals surface area contributed by atoms with Crippen molar-refractivity contribution in [3.8, 4) is 5.75 Å². The van der Waals surface area contributed by atoms with Crippen LogP contribution in [0.25, 0.3) is 0 Å². The van der Waals surface area contributed by atoms with E-state index >= 15 is 0 Å². The lowest BCUT2D eigenvalue weighted by molar-refractivity contribution is 0.410. The normalized spacial score (nSPS) is 23.4. The minimum Gasteiger partial charge on any atom is -0.496 e. The second-order valence-corrected chi connectivity index (χ2v) is 6.15. The maximum atomic E-state index is 5.44. The topological polar surface area (TPSA) is 21.3 Å². The zero-order valence-electron chi connectivity index (χ0n) is 13.5. The Balaban J connectivity index is 2.22. The van der Waals surface area contributed by atoms with Gasteiger partial charge in [0.05, 0.1) is 7.11 Å². The molecule has 1 saturated carbocycles. The average molecular weight is 275 g/mol. The quantitative estimate of drug-likeness (QED) is 0.825. The molecule has 0 aromatic heterocycles. The molecule has 1 aromatic rings. The van der Waals surface area contributed by atoms with Gasteiger partial charge in [0.2, 0.25) is 0 Å². The number of hydrogen-bond donors (Lipinski definition) is 1. The molecule has 1 aliphatic rings. The van der Waals surface area contributed by atoms with Crippen molar-refractivity contribution in [2.24, 2.45) is 0 Å². The van der Waals surface area contributed by atoms with Crippen molar-refractivity contribution in [3.05, 3.63) is 28.8 Å². The van der Waals surface area contributed by atoms with Gasteiger partial charge < -0.3 is 10.1 Å². The molecule has 2 atom stereocenters. The molecule has 20 heavy (non-hydrogen) atoms. The lowest BCUT2D eigenvalue weighted by Crippen LogP contribution is -2.29. The molecule has 1 aliphatic carbocycles. The summed E-state index contributed by atoms with van der Waals surface area (Å²) < 4.78 is 5.44. The molecule has 2 heteroatoms. The van der Waals surface area contributed by atoms with Gasteiger partial charge in [-0.15, -0.1) is 0 Å². The minimum atomic E-state index is 0.689. The van der Waals surface area contributed by atoms with E-state index in [0.29, 0.717) is 12.0 Å². The largest absolute Gasteiger partial charge is 0.496 e. The Morgan fingerprint density at radius 3 is 2.60 bits per heavy atom. The molecule has 0 aliphatic heterocycles. The summed E-state index contributed by atoms with van der Waals surface area (Å²) in [5.74, 6) is 1.72. The van der Waals surface area contributed by atoms with Crippen molar-refractivity contribution in [1.82, 2.24) is 5.32 Å². The van der Waals surface area contributed by atoms with Gasteiger partial charge >= 0.3 is 0 Å².